The van der Waals surface area contributed by atoms with Crippen molar-refractivity contribution in [3.05, 3.63) is 28.9 Å². The van der Waals surface area contributed by atoms with Gasteiger partial charge in [0.05, 0.1) is 5.01 Å². The first-order chi connectivity index (χ1) is 5.70. The van der Waals surface area contributed by atoms with Crippen molar-refractivity contribution in [2.24, 2.45) is 5.73 Å². The third kappa shape index (κ3) is 9.17. The van der Waals surface area contributed by atoms with Crippen LogP contribution >= 0.6 is 11.3 Å². The van der Waals surface area contributed by atoms with E-state index in [-0.39, 0.29) is 0 Å². The molecule has 2 nitrogen and oxygen atoms in total. The number of aryl methyl sites for hydroxylation is 2. The van der Waals surface area contributed by atoms with Crippen molar-refractivity contribution in [2.45, 2.75) is 27.7 Å². The van der Waals surface area contributed by atoms with Crippen molar-refractivity contribution in [2.75, 3.05) is 0 Å². The first-order valence-corrected chi connectivity index (χ1v) is 4.80. The molecular formula is C9H18N2S. The summed E-state index contributed by atoms with van der Waals surface area (Å²) in [4.78, 5) is 4.13. The molecular weight excluding hydrogens is 168 g/mol. The van der Waals surface area contributed by atoms with Crippen LogP contribution in [-0.2, 0) is 0 Å². The highest BCUT2D eigenvalue weighted by Crippen LogP contribution is 2.04. The highest BCUT2D eigenvalue weighted by molar-refractivity contribution is 7.09. The van der Waals surface area contributed by atoms with Gasteiger partial charge in [0.2, 0.25) is 0 Å². The number of nitrogens with two attached hydrogens (primary N) is 1. The zero-order valence-electron chi connectivity index (χ0n) is 8.29. The van der Waals surface area contributed by atoms with E-state index in [1.54, 1.807) is 11.3 Å². The second-order valence-corrected chi connectivity index (χ2v) is 2.81. The molecule has 0 fully saturated rings. The Kier molecular flexibility index (Phi) is 11.6. The minimum atomic E-state index is 1.13. The largest absolute Gasteiger partial charge is 0.405 e. The van der Waals surface area contributed by atoms with E-state index in [0.717, 1.165) is 10.7 Å². The predicted octanol–water partition coefficient (Wildman–Crippen LogP) is 2.87. The van der Waals surface area contributed by atoms with Gasteiger partial charge in [-0.15, -0.1) is 11.3 Å². The molecule has 0 aromatic carbocycles. The minimum absolute atomic E-state index is 1.13. The Morgan fingerprint density at radius 2 is 1.92 bits per heavy atom. The lowest BCUT2D eigenvalue weighted by Crippen LogP contribution is -1.67. The molecule has 0 radical (unpaired) electrons. The van der Waals surface area contributed by atoms with Gasteiger partial charge in [0.25, 0.3) is 0 Å². The summed E-state index contributed by atoms with van der Waals surface area (Å²) in [5, 5.41) is 3.20. The molecule has 0 bridgehead atoms. The van der Waals surface area contributed by atoms with Crippen molar-refractivity contribution in [1.29, 1.82) is 0 Å². The van der Waals surface area contributed by atoms with Crippen LogP contribution in [0, 0.1) is 13.8 Å². The lowest BCUT2D eigenvalue weighted by molar-refractivity contribution is 1.20. The van der Waals surface area contributed by atoms with Crippen molar-refractivity contribution in [3.63, 3.8) is 0 Å². The zero-order valence-corrected chi connectivity index (χ0v) is 9.11. The molecule has 0 saturated carbocycles. The molecule has 0 aliphatic rings. The lowest BCUT2D eigenvalue weighted by atomic mass is 10.6. The summed E-state index contributed by atoms with van der Waals surface area (Å²) >= 11 is 1.69. The average Bonchev–Trinajstić information content (AvgIpc) is 2.40. The molecule has 0 saturated heterocycles. The van der Waals surface area contributed by atoms with Gasteiger partial charge in [-0.25, -0.2) is 4.98 Å². The maximum Gasteiger partial charge on any atom is 0.0897 e. The van der Waals surface area contributed by atoms with E-state index in [2.05, 4.69) is 22.7 Å². The number of thiazole rings is 1. The summed E-state index contributed by atoms with van der Waals surface area (Å²) in [6.45, 7) is 11.2. The maximum absolute atomic E-state index is 4.61. The predicted molar refractivity (Wildman–Crippen MR) is 57.3 cm³/mol. The van der Waals surface area contributed by atoms with Crippen LogP contribution in [0.3, 0.4) is 0 Å². The van der Waals surface area contributed by atoms with Crippen LogP contribution in [0.5, 0.6) is 0 Å². The van der Waals surface area contributed by atoms with E-state index in [1.165, 1.54) is 6.20 Å². The molecule has 0 spiro atoms. The first kappa shape index (κ1) is 13.7. The summed E-state index contributed by atoms with van der Waals surface area (Å²) in [6, 6.07) is 0. The van der Waals surface area contributed by atoms with Crippen molar-refractivity contribution in [1.82, 2.24) is 4.98 Å². The molecule has 2 N–H and O–H groups in total. The second-order valence-electron chi connectivity index (χ2n) is 1.74. The Balaban J connectivity index is 0. The Labute approximate surface area is 79.1 Å². The van der Waals surface area contributed by atoms with Gasteiger partial charge in [0, 0.05) is 11.1 Å². The Morgan fingerprint density at radius 1 is 1.50 bits per heavy atom. The van der Waals surface area contributed by atoms with E-state index >= 15 is 0 Å². The molecule has 70 valence electrons. The molecule has 1 rings (SSSR count). The number of aromatic nitrogens is 1. The summed E-state index contributed by atoms with van der Waals surface area (Å²) in [5.74, 6) is 0. The van der Waals surface area contributed by atoms with Crippen LogP contribution in [0.1, 0.15) is 24.5 Å². The second kappa shape index (κ2) is 10.2. The van der Waals surface area contributed by atoms with Gasteiger partial charge < -0.3 is 5.73 Å². The van der Waals surface area contributed by atoms with Crippen LogP contribution in [0.2, 0.25) is 0 Å². The summed E-state index contributed by atoms with van der Waals surface area (Å²) in [7, 11) is 0. The lowest BCUT2D eigenvalue weighted by Gasteiger charge is -1.71. The SMILES string of the molecule is C=CN.CC.Cc1csc(C)n1. The zero-order chi connectivity index (χ0) is 9.98. The fraction of sp³-hybridized carbons (Fsp3) is 0.444. The molecule has 1 aromatic heterocycles. The van der Waals surface area contributed by atoms with Crippen molar-refractivity contribution in [3.8, 4) is 0 Å². The molecule has 1 aromatic rings. The smallest absolute Gasteiger partial charge is 0.0897 e. The third-order valence-corrected chi connectivity index (χ3v) is 1.63. The number of hydrogen-bond acceptors (Lipinski definition) is 3. The van der Waals surface area contributed by atoms with Crippen LogP contribution in [0.4, 0.5) is 0 Å². The molecule has 3 heteroatoms. The van der Waals surface area contributed by atoms with E-state index in [1.807, 2.05) is 27.7 Å². The third-order valence-electron chi connectivity index (χ3n) is 0.734. The molecule has 1 heterocycles. The highest BCUT2D eigenvalue weighted by Gasteiger charge is 1.85. The number of hydrogen-bond donors (Lipinski definition) is 1. The highest BCUT2D eigenvalue weighted by atomic mass is 32.1. The number of nitrogens with zero attached hydrogens (tertiary/aromatic N) is 1. The van der Waals surface area contributed by atoms with Gasteiger partial charge >= 0.3 is 0 Å². The average molecular weight is 186 g/mol. The van der Waals surface area contributed by atoms with Crippen molar-refractivity contribution < 1.29 is 0 Å². The first-order valence-electron chi connectivity index (χ1n) is 3.92. The van der Waals surface area contributed by atoms with Crippen LogP contribution in [0.25, 0.3) is 0 Å². The molecule has 12 heavy (non-hydrogen) atoms. The van der Waals surface area contributed by atoms with Gasteiger partial charge in [0.15, 0.2) is 0 Å². The fourth-order valence-electron chi connectivity index (χ4n) is 0.472. The van der Waals surface area contributed by atoms with Crippen LogP contribution < -0.4 is 5.73 Å². The van der Waals surface area contributed by atoms with E-state index < -0.39 is 0 Å². The van der Waals surface area contributed by atoms with E-state index in [4.69, 9.17) is 0 Å². The van der Waals surface area contributed by atoms with E-state index in [0.29, 0.717) is 0 Å². The van der Waals surface area contributed by atoms with Gasteiger partial charge in [0.1, 0.15) is 0 Å². The summed E-state index contributed by atoms with van der Waals surface area (Å²) in [5.41, 5.74) is 5.74. The molecule has 0 aliphatic heterocycles. The van der Waals surface area contributed by atoms with Gasteiger partial charge in [-0.05, 0) is 20.0 Å². The van der Waals surface area contributed by atoms with Gasteiger partial charge in [-0.2, -0.15) is 0 Å². The standard InChI is InChI=1S/C5H7NS.C2H5N.C2H6/c1-4-3-7-5(2)6-4;1-2-3;1-2/h3H,1-2H3;2H,1,3H2;1-2H3. The number of rotatable bonds is 0. The summed E-state index contributed by atoms with van der Waals surface area (Å²) < 4.78 is 0. The maximum atomic E-state index is 4.61. The molecule has 0 aliphatic carbocycles. The fourth-order valence-corrected chi connectivity index (χ4v) is 1.06. The molecule has 0 unspecified atom stereocenters. The van der Waals surface area contributed by atoms with Crippen LogP contribution in [-0.4, -0.2) is 4.98 Å². The van der Waals surface area contributed by atoms with Gasteiger partial charge in [-0.1, -0.05) is 20.4 Å². The quantitative estimate of drug-likeness (QED) is 0.676. The molecule has 0 atom stereocenters. The Bertz CT molecular complexity index is 178. The Morgan fingerprint density at radius 3 is 2.00 bits per heavy atom. The normalized spacial score (nSPS) is 7.00. The monoisotopic (exact) mass is 186 g/mol. The topological polar surface area (TPSA) is 38.9 Å². The minimum Gasteiger partial charge on any atom is -0.405 e. The van der Waals surface area contributed by atoms with Crippen LogP contribution in [0.15, 0.2) is 18.2 Å². The van der Waals surface area contributed by atoms with E-state index in [9.17, 15) is 0 Å². The van der Waals surface area contributed by atoms with Crippen molar-refractivity contribution >= 4 is 11.3 Å². The van der Waals surface area contributed by atoms with Gasteiger partial charge in [-0.3, -0.25) is 0 Å². The summed E-state index contributed by atoms with van der Waals surface area (Å²) in [6.07, 6.45) is 1.25. The molecule has 0 amide bonds. The Hall–Kier alpha value is -0.830.